The Kier molecular flexibility index (Phi) is 3.88. The molecule has 17 heavy (non-hydrogen) atoms. The highest BCUT2D eigenvalue weighted by molar-refractivity contribution is 5.76. The SMILES string of the molecule is NC(=O)CC=Cc1ccc(C(F)(F)F)c(F)c1. The Labute approximate surface area is 94.7 Å². The Hall–Kier alpha value is -1.85. The van der Waals surface area contributed by atoms with Crippen LogP contribution in [0.2, 0.25) is 0 Å². The summed E-state index contributed by atoms with van der Waals surface area (Å²) in [6, 6.07) is 2.52. The quantitative estimate of drug-likeness (QED) is 0.820. The van der Waals surface area contributed by atoms with Crippen LogP contribution in [0.15, 0.2) is 24.3 Å². The number of carbonyl (C=O) groups excluding carboxylic acids is 1. The predicted octanol–water partition coefficient (Wildman–Crippen LogP) is 2.73. The van der Waals surface area contributed by atoms with Gasteiger partial charge in [-0.1, -0.05) is 18.2 Å². The normalized spacial score (nSPS) is 12.0. The Morgan fingerprint density at radius 3 is 2.47 bits per heavy atom. The molecule has 0 aromatic heterocycles. The molecule has 0 bridgehead atoms. The molecule has 92 valence electrons. The maximum absolute atomic E-state index is 13.1. The van der Waals surface area contributed by atoms with E-state index < -0.39 is 23.5 Å². The van der Waals surface area contributed by atoms with Gasteiger partial charge in [-0.25, -0.2) is 4.39 Å². The molecule has 2 nitrogen and oxygen atoms in total. The maximum Gasteiger partial charge on any atom is 0.419 e. The second-order valence-electron chi connectivity index (χ2n) is 3.31. The lowest BCUT2D eigenvalue weighted by Crippen LogP contribution is -2.08. The molecule has 1 amide bonds. The van der Waals surface area contributed by atoms with Gasteiger partial charge in [0.25, 0.3) is 0 Å². The third kappa shape index (κ3) is 3.90. The van der Waals surface area contributed by atoms with Crippen molar-refractivity contribution in [3.8, 4) is 0 Å². The van der Waals surface area contributed by atoms with E-state index in [0.29, 0.717) is 6.07 Å². The average Bonchev–Trinajstić information content (AvgIpc) is 2.14. The molecule has 0 spiro atoms. The number of carbonyl (C=O) groups is 1. The number of alkyl halides is 3. The van der Waals surface area contributed by atoms with Gasteiger partial charge in [0.1, 0.15) is 5.82 Å². The molecule has 0 aliphatic heterocycles. The van der Waals surface area contributed by atoms with Gasteiger partial charge in [-0.2, -0.15) is 13.2 Å². The van der Waals surface area contributed by atoms with E-state index in [1.807, 2.05) is 0 Å². The zero-order valence-electron chi connectivity index (χ0n) is 8.59. The zero-order valence-corrected chi connectivity index (χ0v) is 8.59. The number of rotatable bonds is 3. The summed E-state index contributed by atoms with van der Waals surface area (Å²) in [5.41, 5.74) is 3.77. The molecule has 0 heterocycles. The van der Waals surface area contributed by atoms with Gasteiger partial charge in [0.15, 0.2) is 0 Å². The molecule has 0 saturated carbocycles. The van der Waals surface area contributed by atoms with Crippen LogP contribution >= 0.6 is 0 Å². The van der Waals surface area contributed by atoms with Gasteiger partial charge in [0.2, 0.25) is 5.91 Å². The van der Waals surface area contributed by atoms with E-state index in [1.54, 1.807) is 0 Å². The van der Waals surface area contributed by atoms with Crippen LogP contribution in [0.3, 0.4) is 0 Å². The topological polar surface area (TPSA) is 43.1 Å². The Balaban J connectivity index is 2.90. The standard InChI is InChI=1S/C11H9F4NO/c12-9-6-7(2-1-3-10(16)17)4-5-8(9)11(13,14)15/h1-2,4-6H,3H2,(H2,16,17). The molecule has 1 aromatic rings. The van der Waals surface area contributed by atoms with Crippen LogP contribution in [0, 0.1) is 5.82 Å². The molecule has 2 N–H and O–H groups in total. The van der Waals surface area contributed by atoms with Crippen molar-refractivity contribution in [3.63, 3.8) is 0 Å². The van der Waals surface area contributed by atoms with Crippen molar-refractivity contribution in [2.75, 3.05) is 0 Å². The van der Waals surface area contributed by atoms with Crippen molar-refractivity contribution in [1.82, 2.24) is 0 Å². The molecule has 0 aliphatic rings. The van der Waals surface area contributed by atoms with Crippen LogP contribution in [-0.2, 0) is 11.0 Å². The van der Waals surface area contributed by atoms with Crippen LogP contribution in [-0.4, -0.2) is 5.91 Å². The number of amides is 1. The van der Waals surface area contributed by atoms with E-state index in [1.165, 1.54) is 12.2 Å². The lowest BCUT2D eigenvalue weighted by Gasteiger charge is -2.07. The highest BCUT2D eigenvalue weighted by Gasteiger charge is 2.33. The summed E-state index contributed by atoms with van der Waals surface area (Å²) in [7, 11) is 0. The molecule has 0 fully saturated rings. The first-order valence-electron chi connectivity index (χ1n) is 4.62. The summed E-state index contributed by atoms with van der Waals surface area (Å²) >= 11 is 0. The summed E-state index contributed by atoms with van der Waals surface area (Å²) in [6.07, 6.45) is -2.08. The number of primary amides is 1. The number of hydrogen-bond acceptors (Lipinski definition) is 1. The van der Waals surface area contributed by atoms with E-state index in [9.17, 15) is 22.4 Å². The minimum atomic E-state index is -4.71. The van der Waals surface area contributed by atoms with Crippen LogP contribution < -0.4 is 5.73 Å². The van der Waals surface area contributed by atoms with Gasteiger partial charge in [0.05, 0.1) is 5.56 Å². The zero-order chi connectivity index (χ0) is 13.1. The summed E-state index contributed by atoms with van der Waals surface area (Å²) in [4.78, 5) is 10.4. The Bertz CT molecular complexity index is 451. The third-order valence-electron chi connectivity index (χ3n) is 1.93. The molecule has 1 rings (SSSR count). The number of nitrogens with two attached hydrogens (primary N) is 1. The van der Waals surface area contributed by atoms with Crippen molar-refractivity contribution in [1.29, 1.82) is 0 Å². The predicted molar refractivity (Wildman–Crippen MR) is 54.2 cm³/mol. The van der Waals surface area contributed by atoms with Gasteiger partial charge in [-0.3, -0.25) is 4.79 Å². The van der Waals surface area contributed by atoms with Gasteiger partial charge in [-0.15, -0.1) is 0 Å². The Morgan fingerprint density at radius 2 is 2.00 bits per heavy atom. The van der Waals surface area contributed by atoms with Gasteiger partial charge < -0.3 is 5.73 Å². The van der Waals surface area contributed by atoms with Crippen LogP contribution in [0.25, 0.3) is 6.08 Å². The first-order valence-corrected chi connectivity index (χ1v) is 4.62. The highest BCUT2D eigenvalue weighted by atomic mass is 19.4. The molecule has 0 atom stereocenters. The fourth-order valence-corrected chi connectivity index (χ4v) is 1.18. The molecule has 0 saturated heterocycles. The summed E-state index contributed by atoms with van der Waals surface area (Å²) < 4.78 is 49.7. The maximum atomic E-state index is 13.1. The first-order chi connectivity index (χ1) is 7.80. The van der Waals surface area contributed by atoms with Crippen LogP contribution in [0.5, 0.6) is 0 Å². The van der Waals surface area contributed by atoms with Crippen LogP contribution in [0.1, 0.15) is 17.5 Å². The van der Waals surface area contributed by atoms with Crippen molar-refractivity contribution in [3.05, 3.63) is 41.2 Å². The molecule has 0 aliphatic carbocycles. The summed E-state index contributed by atoms with van der Waals surface area (Å²) in [6.45, 7) is 0. The van der Waals surface area contributed by atoms with Gasteiger partial charge in [0, 0.05) is 6.42 Å². The minimum Gasteiger partial charge on any atom is -0.369 e. The second kappa shape index (κ2) is 4.99. The van der Waals surface area contributed by atoms with Crippen molar-refractivity contribution < 1.29 is 22.4 Å². The van der Waals surface area contributed by atoms with Gasteiger partial charge >= 0.3 is 6.18 Å². The van der Waals surface area contributed by atoms with Crippen molar-refractivity contribution >= 4 is 12.0 Å². The van der Waals surface area contributed by atoms with E-state index in [4.69, 9.17) is 5.73 Å². The molecular formula is C11H9F4NO. The minimum absolute atomic E-state index is 0.0529. The van der Waals surface area contributed by atoms with Crippen LogP contribution in [0.4, 0.5) is 17.6 Å². The third-order valence-corrected chi connectivity index (χ3v) is 1.93. The number of hydrogen-bond donors (Lipinski definition) is 1. The highest BCUT2D eigenvalue weighted by Crippen LogP contribution is 2.31. The van der Waals surface area contributed by atoms with Crippen molar-refractivity contribution in [2.24, 2.45) is 5.73 Å². The van der Waals surface area contributed by atoms with Gasteiger partial charge in [-0.05, 0) is 17.7 Å². The average molecular weight is 247 g/mol. The fraction of sp³-hybridized carbons (Fsp3) is 0.182. The number of halogens is 4. The first kappa shape index (κ1) is 13.2. The molecule has 0 radical (unpaired) electrons. The van der Waals surface area contributed by atoms with E-state index in [-0.39, 0.29) is 12.0 Å². The second-order valence-corrected chi connectivity index (χ2v) is 3.31. The lowest BCUT2D eigenvalue weighted by atomic mass is 10.1. The number of benzene rings is 1. The van der Waals surface area contributed by atoms with E-state index in [2.05, 4.69) is 0 Å². The van der Waals surface area contributed by atoms with Crippen molar-refractivity contribution in [2.45, 2.75) is 12.6 Å². The van der Waals surface area contributed by atoms with E-state index >= 15 is 0 Å². The van der Waals surface area contributed by atoms with E-state index in [0.717, 1.165) is 12.1 Å². The largest absolute Gasteiger partial charge is 0.419 e. The molecular weight excluding hydrogens is 238 g/mol. The smallest absolute Gasteiger partial charge is 0.369 e. The molecule has 6 heteroatoms. The fourth-order valence-electron chi connectivity index (χ4n) is 1.18. The lowest BCUT2D eigenvalue weighted by molar-refractivity contribution is -0.140. The summed E-state index contributed by atoms with van der Waals surface area (Å²) in [5.74, 6) is -1.92. The molecule has 1 aromatic carbocycles. The Morgan fingerprint density at radius 1 is 1.35 bits per heavy atom. The monoisotopic (exact) mass is 247 g/mol. The summed E-state index contributed by atoms with van der Waals surface area (Å²) in [5, 5.41) is 0. The molecule has 0 unspecified atom stereocenters.